The van der Waals surface area contributed by atoms with Gasteiger partial charge in [-0.1, -0.05) is 36.8 Å². The number of hydrogen-bond acceptors (Lipinski definition) is 4. The second kappa shape index (κ2) is 5.25. The molecule has 4 rings (SSSR count). The van der Waals surface area contributed by atoms with E-state index >= 15 is 0 Å². The Kier molecular flexibility index (Phi) is 3.32. The zero-order valence-corrected chi connectivity index (χ0v) is 12.9. The van der Waals surface area contributed by atoms with E-state index in [2.05, 4.69) is 4.90 Å². The molecule has 23 heavy (non-hydrogen) atoms. The third kappa shape index (κ3) is 2.13. The van der Waals surface area contributed by atoms with E-state index in [0.717, 1.165) is 36.9 Å². The van der Waals surface area contributed by atoms with Crippen LogP contribution in [0.5, 0.6) is 11.5 Å². The largest absolute Gasteiger partial charge is 0.508 e. The zero-order chi connectivity index (χ0) is 16.0. The van der Waals surface area contributed by atoms with Crippen molar-refractivity contribution in [3.63, 3.8) is 0 Å². The first-order valence-electron chi connectivity index (χ1n) is 8.18. The molecular weight excluding hydrogens is 290 g/mol. The first-order chi connectivity index (χ1) is 11.1. The number of phenols is 2. The van der Waals surface area contributed by atoms with Crippen LogP contribution in [0, 0.1) is 0 Å². The summed E-state index contributed by atoms with van der Waals surface area (Å²) in [5, 5.41) is 32.1. The highest BCUT2D eigenvalue weighted by Gasteiger charge is 2.50. The van der Waals surface area contributed by atoms with Gasteiger partial charge in [0.25, 0.3) is 0 Å². The normalized spacial score (nSPS) is 27.3. The van der Waals surface area contributed by atoms with E-state index in [4.69, 9.17) is 0 Å². The molecular formula is C19H21NO3. The molecule has 0 aromatic heterocycles. The van der Waals surface area contributed by atoms with Crippen molar-refractivity contribution in [2.24, 2.45) is 0 Å². The number of fused-ring (bicyclic) bond motifs is 2. The Hall–Kier alpha value is -2.04. The van der Waals surface area contributed by atoms with Gasteiger partial charge in [-0.2, -0.15) is 0 Å². The molecule has 1 saturated heterocycles. The summed E-state index contributed by atoms with van der Waals surface area (Å²) in [5.41, 5.74) is 0.878. The second-order valence-corrected chi connectivity index (χ2v) is 6.61. The lowest BCUT2D eigenvalue weighted by Crippen LogP contribution is -2.56. The minimum absolute atomic E-state index is 0.0309. The molecule has 0 amide bonds. The van der Waals surface area contributed by atoms with Crippen molar-refractivity contribution in [2.75, 3.05) is 6.54 Å². The van der Waals surface area contributed by atoms with Gasteiger partial charge in [0, 0.05) is 24.2 Å². The molecule has 4 heteroatoms. The molecule has 2 aromatic carbocycles. The summed E-state index contributed by atoms with van der Waals surface area (Å²) in [7, 11) is 0. The van der Waals surface area contributed by atoms with Crippen molar-refractivity contribution in [3.05, 3.63) is 59.2 Å². The molecule has 4 nitrogen and oxygen atoms in total. The van der Waals surface area contributed by atoms with Gasteiger partial charge in [-0.3, -0.25) is 4.90 Å². The van der Waals surface area contributed by atoms with Crippen LogP contribution in [0.3, 0.4) is 0 Å². The Labute approximate surface area is 135 Å². The first kappa shape index (κ1) is 14.5. The SMILES string of the molecule is Oc1cc(O)c2c(c1)CN1CCCCC1C2(O)c1ccccc1. The van der Waals surface area contributed by atoms with E-state index in [-0.39, 0.29) is 17.5 Å². The first-order valence-corrected chi connectivity index (χ1v) is 8.18. The lowest BCUT2D eigenvalue weighted by Gasteiger charge is -2.50. The summed E-state index contributed by atoms with van der Waals surface area (Å²) in [6.45, 7) is 1.58. The molecule has 0 radical (unpaired) electrons. The van der Waals surface area contributed by atoms with Gasteiger partial charge in [-0.25, -0.2) is 0 Å². The molecule has 0 bridgehead atoms. The third-order valence-electron chi connectivity index (χ3n) is 5.25. The molecule has 0 spiro atoms. The summed E-state index contributed by atoms with van der Waals surface area (Å²) in [6, 6.07) is 12.5. The molecule has 2 aromatic rings. The lowest BCUT2D eigenvalue weighted by atomic mass is 9.71. The van der Waals surface area contributed by atoms with E-state index in [1.807, 2.05) is 30.3 Å². The van der Waals surface area contributed by atoms with Crippen LogP contribution < -0.4 is 0 Å². The van der Waals surface area contributed by atoms with Gasteiger partial charge >= 0.3 is 0 Å². The standard InChI is InChI=1S/C19H21NO3/c21-15-10-13-12-20-9-5-4-8-17(20)19(23,18(13)16(22)11-15)14-6-2-1-3-7-14/h1-3,6-7,10-11,17,21-23H,4-5,8-9,12H2. The van der Waals surface area contributed by atoms with Crippen molar-refractivity contribution >= 4 is 0 Å². The van der Waals surface area contributed by atoms with Crippen LogP contribution in [0.25, 0.3) is 0 Å². The van der Waals surface area contributed by atoms with Crippen LogP contribution in [-0.2, 0) is 12.1 Å². The minimum Gasteiger partial charge on any atom is -0.508 e. The Morgan fingerprint density at radius 2 is 1.83 bits per heavy atom. The molecule has 2 aliphatic rings. The van der Waals surface area contributed by atoms with Gasteiger partial charge in [-0.05, 0) is 36.6 Å². The highest BCUT2D eigenvalue weighted by Crippen LogP contribution is 2.49. The van der Waals surface area contributed by atoms with Crippen molar-refractivity contribution < 1.29 is 15.3 Å². The van der Waals surface area contributed by atoms with Crippen LogP contribution >= 0.6 is 0 Å². The molecule has 0 saturated carbocycles. The van der Waals surface area contributed by atoms with Crippen LogP contribution in [0.1, 0.15) is 36.0 Å². The van der Waals surface area contributed by atoms with Crippen molar-refractivity contribution in [2.45, 2.75) is 37.5 Å². The van der Waals surface area contributed by atoms with Gasteiger partial charge in [0.2, 0.25) is 0 Å². The quantitative estimate of drug-likeness (QED) is 0.758. The fourth-order valence-corrected chi connectivity index (χ4v) is 4.30. The molecule has 1 fully saturated rings. The number of benzene rings is 2. The molecule has 120 valence electrons. The van der Waals surface area contributed by atoms with Crippen LogP contribution in [0.2, 0.25) is 0 Å². The number of hydrogen-bond donors (Lipinski definition) is 3. The average molecular weight is 311 g/mol. The Morgan fingerprint density at radius 1 is 1.04 bits per heavy atom. The van der Waals surface area contributed by atoms with Gasteiger partial charge in [0.15, 0.2) is 0 Å². The van der Waals surface area contributed by atoms with Gasteiger partial charge in [0.05, 0.1) is 0 Å². The van der Waals surface area contributed by atoms with Crippen LogP contribution in [0.15, 0.2) is 42.5 Å². The maximum atomic E-state index is 11.8. The summed E-state index contributed by atoms with van der Waals surface area (Å²) in [6.07, 6.45) is 3.08. The second-order valence-electron chi connectivity index (χ2n) is 6.61. The highest BCUT2D eigenvalue weighted by atomic mass is 16.3. The Bertz CT molecular complexity index is 731. The van der Waals surface area contributed by atoms with E-state index in [9.17, 15) is 15.3 Å². The maximum Gasteiger partial charge on any atom is 0.134 e. The van der Waals surface area contributed by atoms with Gasteiger partial charge in [-0.15, -0.1) is 0 Å². The fraction of sp³-hybridized carbons (Fsp3) is 0.368. The lowest BCUT2D eigenvalue weighted by molar-refractivity contribution is -0.0563. The number of aromatic hydroxyl groups is 2. The Balaban J connectivity index is 1.98. The molecule has 2 unspecified atom stereocenters. The fourth-order valence-electron chi connectivity index (χ4n) is 4.30. The topological polar surface area (TPSA) is 63.9 Å². The van der Waals surface area contributed by atoms with Gasteiger partial charge in [0.1, 0.15) is 17.1 Å². The third-order valence-corrected chi connectivity index (χ3v) is 5.25. The smallest absolute Gasteiger partial charge is 0.134 e. The Morgan fingerprint density at radius 3 is 2.61 bits per heavy atom. The number of piperidine rings is 1. The summed E-state index contributed by atoms with van der Waals surface area (Å²) in [5.74, 6) is 0.00342. The summed E-state index contributed by atoms with van der Waals surface area (Å²) < 4.78 is 0. The summed E-state index contributed by atoms with van der Waals surface area (Å²) in [4.78, 5) is 2.28. The van der Waals surface area contributed by atoms with Crippen LogP contribution in [-0.4, -0.2) is 32.8 Å². The zero-order valence-electron chi connectivity index (χ0n) is 12.9. The maximum absolute atomic E-state index is 11.8. The molecule has 2 heterocycles. The van der Waals surface area contributed by atoms with Crippen molar-refractivity contribution in [3.8, 4) is 11.5 Å². The number of rotatable bonds is 1. The van der Waals surface area contributed by atoms with Gasteiger partial charge < -0.3 is 15.3 Å². The molecule has 0 aliphatic carbocycles. The summed E-state index contributed by atoms with van der Waals surface area (Å²) >= 11 is 0. The van der Waals surface area contributed by atoms with E-state index in [1.54, 1.807) is 6.07 Å². The number of phenolic OH excluding ortho intramolecular Hbond substituents is 2. The minimum atomic E-state index is -1.26. The monoisotopic (exact) mass is 311 g/mol. The predicted molar refractivity (Wildman–Crippen MR) is 87.3 cm³/mol. The molecule has 2 atom stereocenters. The van der Waals surface area contributed by atoms with E-state index < -0.39 is 5.60 Å². The van der Waals surface area contributed by atoms with E-state index in [1.165, 1.54) is 6.07 Å². The molecule has 3 N–H and O–H groups in total. The predicted octanol–water partition coefficient (Wildman–Crippen LogP) is 2.70. The number of nitrogens with zero attached hydrogens (tertiary/aromatic N) is 1. The van der Waals surface area contributed by atoms with E-state index in [0.29, 0.717) is 12.1 Å². The number of aliphatic hydroxyl groups is 1. The van der Waals surface area contributed by atoms with Crippen molar-refractivity contribution in [1.29, 1.82) is 0 Å². The molecule has 2 aliphatic heterocycles. The van der Waals surface area contributed by atoms with Crippen LogP contribution in [0.4, 0.5) is 0 Å². The average Bonchev–Trinajstić information content (AvgIpc) is 2.55. The highest BCUT2D eigenvalue weighted by molar-refractivity contribution is 5.55. The van der Waals surface area contributed by atoms with Crippen molar-refractivity contribution in [1.82, 2.24) is 4.90 Å².